The van der Waals surface area contributed by atoms with Crippen molar-refractivity contribution >= 4 is 39.6 Å². The summed E-state index contributed by atoms with van der Waals surface area (Å²) in [5.41, 5.74) is 4.05. The van der Waals surface area contributed by atoms with Crippen LogP contribution >= 0.6 is 11.9 Å². The van der Waals surface area contributed by atoms with Gasteiger partial charge in [0.05, 0.1) is 5.71 Å². The molecule has 3 aromatic rings. The Bertz CT molecular complexity index is 824. The van der Waals surface area contributed by atoms with Gasteiger partial charge in [0.15, 0.2) is 0 Å². The van der Waals surface area contributed by atoms with E-state index in [1.54, 1.807) is 11.9 Å². The molecule has 0 saturated heterocycles. The van der Waals surface area contributed by atoms with Crippen LogP contribution in [0, 0.1) is 0 Å². The lowest BCUT2D eigenvalue weighted by Crippen LogP contribution is -2.06. The van der Waals surface area contributed by atoms with E-state index in [1.807, 2.05) is 24.3 Å². The third-order valence-electron chi connectivity index (χ3n) is 3.25. The number of nitrogens with zero attached hydrogens (tertiary/aromatic N) is 1. The first-order chi connectivity index (χ1) is 9.94. The van der Waals surface area contributed by atoms with Crippen LogP contribution < -0.4 is 0 Å². The Morgan fingerprint density at radius 3 is 2.48 bits per heavy atom. The highest BCUT2D eigenvalue weighted by Gasteiger charge is 2.11. The van der Waals surface area contributed by atoms with Crippen LogP contribution in [0.25, 0.3) is 21.9 Å². The van der Waals surface area contributed by atoms with Gasteiger partial charge in [-0.3, -0.25) is 0 Å². The number of fused-ring (bicyclic) bond motifs is 3. The largest absolute Gasteiger partial charge is 0.456 e. The lowest BCUT2D eigenvalue weighted by molar-refractivity contribution is 0.669. The van der Waals surface area contributed by atoms with Crippen LogP contribution in [0.15, 0.2) is 51.3 Å². The Kier molecular flexibility index (Phi) is 3.54. The molecule has 2 nitrogen and oxygen atoms in total. The minimum absolute atomic E-state index is 0.133. The van der Waals surface area contributed by atoms with Crippen LogP contribution in [-0.4, -0.2) is 10.5 Å². The molecule has 0 aliphatic rings. The monoisotopic (exact) mass is 297 g/mol. The summed E-state index contributed by atoms with van der Waals surface area (Å²) in [7, 11) is 0. The predicted molar refractivity (Wildman–Crippen MR) is 93.3 cm³/mol. The molecule has 0 aliphatic carbocycles. The molecule has 0 aliphatic heterocycles. The lowest BCUT2D eigenvalue weighted by atomic mass is 10.1. The Morgan fingerprint density at radius 1 is 1.00 bits per heavy atom. The van der Waals surface area contributed by atoms with Crippen molar-refractivity contribution in [2.75, 3.05) is 0 Å². The van der Waals surface area contributed by atoms with Gasteiger partial charge in [0.1, 0.15) is 11.2 Å². The number of rotatable bonds is 2. The lowest BCUT2D eigenvalue weighted by Gasteiger charge is -2.13. The van der Waals surface area contributed by atoms with E-state index in [0.717, 1.165) is 33.2 Å². The van der Waals surface area contributed by atoms with Gasteiger partial charge in [-0.2, -0.15) is 0 Å². The van der Waals surface area contributed by atoms with Crippen molar-refractivity contribution in [2.45, 2.75) is 32.4 Å². The van der Waals surface area contributed by atoms with E-state index in [2.05, 4.69) is 50.3 Å². The molecule has 0 unspecified atom stereocenters. The topological polar surface area (TPSA) is 25.5 Å². The molecule has 3 rings (SSSR count). The van der Waals surface area contributed by atoms with Crippen molar-refractivity contribution in [3.8, 4) is 0 Å². The smallest absolute Gasteiger partial charge is 0.135 e. The normalized spacial score (nSPS) is 13.2. The van der Waals surface area contributed by atoms with E-state index in [9.17, 15) is 0 Å². The van der Waals surface area contributed by atoms with Gasteiger partial charge in [-0.15, -0.1) is 0 Å². The van der Waals surface area contributed by atoms with Gasteiger partial charge in [0.25, 0.3) is 0 Å². The molecular formula is C18H19NOS. The van der Waals surface area contributed by atoms with Crippen molar-refractivity contribution in [2.24, 2.45) is 4.40 Å². The van der Waals surface area contributed by atoms with E-state index in [1.165, 1.54) is 0 Å². The number of hydrogen-bond acceptors (Lipinski definition) is 3. The molecule has 0 spiro atoms. The molecule has 0 radical (unpaired) electrons. The second-order valence-electron chi connectivity index (χ2n) is 6.19. The minimum atomic E-state index is 0.133. The van der Waals surface area contributed by atoms with Gasteiger partial charge in [-0.1, -0.05) is 18.2 Å². The first kappa shape index (κ1) is 14.2. The van der Waals surface area contributed by atoms with Gasteiger partial charge in [0, 0.05) is 15.5 Å². The van der Waals surface area contributed by atoms with Gasteiger partial charge >= 0.3 is 0 Å². The van der Waals surface area contributed by atoms with Crippen LogP contribution in [0.3, 0.4) is 0 Å². The Labute approximate surface area is 129 Å². The molecule has 0 saturated carbocycles. The Hall–Kier alpha value is -1.74. The summed E-state index contributed by atoms with van der Waals surface area (Å²) in [6.45, 7) is 8.56. The molecule has 0 bridgehead atoms. The fourth-order valence-corrected chi connectivity index (χ4v) is 2.73. The van der Waals surface area contributed by atoms with Crippen molar-refractivity contribution in [1.29, 1.82) is 0 Å². The molecule has 0 amide bonds. The number of benzene rings is 2. The predicted octanol–water partition coefficient (Wildman–Crippen LogP) is 5.84. The Balaban J connectivity index is 2.06. The molecule has 0 N–H and O–H groups in total. The molecule has 21 heavy (non-hydrogen) atoms. The summed E-state index contributed by atoms with van der Waals surface area (Å²) in [5, 5.41) is 2.31. The van der Waals surface area contributed by atoms with Crippen LogP contribution in [0.4, 0.5) is 0 Å². The number of hydrogen-bond donors (Lipinski definition) is 0. The van der Waals surface area contributed by atoms with Gasteiger partial charge in [0.2, 0.25) is 0 Å². The summed E-state index contributed by atoms with van der Waals surface area (Å²) in [6.07, 6.45) is 0. The average Bonchev–Trinajstić information content (AvgIpc) is 2.81. The first-order valence-corrected chi connectivity index (χ1v) is 7.86. The molecule has 3 heteroatoms. The molecule has 0 atom stereocenters. The summed E-state index contributed by atoms with van der Waals surface area (Å²) in [5.74, 6) is 0. The average molecular weight is 297 g/mol. The fourth-order valence-electron chi connectivity index (χ4n) is 2.21. The van der Waals surface area contributed by atoms with Gasteiger partial charge in [-0.05, 0) is 69.5 Å². The van der Waals surface area contributed by atoms with E-state index in [4.69, 9.17) is 4.42 Å². The highest BCUT2D eigenvalue weighted by atomic mass is 32.2. The summed E-state index contributed by atoms with van der Waals surface area (Å²) in [4.78, 5) is 0. The second kappa shape index (κ2) is 5.23. The maximum atomic E-state index is 5.86. The van der Waals surface area contributed by atoms with Crippen LogP contribution in [0.2, 0.25) is 0 Å². The van der Waals surface area contributed by atoms with Crippen LogP contribution in [-0.2, 0) is 0 Å². The van der Waals surface area contributed by atoms with Crippen molar-refractivity contribution < 1.29 is 4.42 Å². The fraction of sp³-hybridized carbons (Fsp3) is 0.278. The molecule has 1 aromatic heterocycles. The quantitative estimate of drug-likeness (QED) is 0.438. The first-order valence-electron chi connectivity index (χ1n) is 7.08. The highest BCUT2D eigenvalue weighted by molar-refractivity contribution is 7.99. The molecule has 0 fully saturated rings. The molecule has 2 aromatic carbocycles. The van der Waals surface area contributed by atoms with Crippen LogP contribution in [0.1, 0.15) is 33.3 Å². The maximum absolute atomic E-state index is 5.86. The van der Waals surface area contributed by atoms with Crippen molar-refractivity contribution in [1.82, 2.24) is 0 Å². The molecule has 108 valence electrons. The zero-order valence-corrected chi connectivity index (χ0v) is 13.6. The second-order valence-corrected chi connectivity index (χ2v) is 7.78. The highest BCUT2D eigenvalue weighted by Crippen LogP contribution is 2.30. The zero-order chi connectivity index (χ0) is 15.0. The third kappa shape index (κ3) is 2.98. The van der Waals surface area contributed by atoms with E-state index in [-0.39, 0.29) is 4.75 Å². The van der Waals surface area contributed by atoms with Crippen LogP contribution in [0.5, 0.6) is 0 Å². The summed E-state index contributed by atoms with van der Waals surface area (Å²) >= 11 is 1.61. The minimum Gasteiger partial charge on any atom is -0.456 e. The number of para-hydroxylation sites is 1. The van der Waals surface area contributed by atoms with E-state index < -0.39 is 0 Å². The van der Waals surface area contributed by atoms with Crippen molar-refractivity contribution in [3.05, 3.63) is 48.0 Å². The SMILES string of the molecule is C/C(=N\SC(C)(C)C)c1ccc2oc3ccccc3c2c1. The van der Waals surface area contributed by atoms with E-state index in [0.29, 0.717) is 0 Å². The number of furan rings is 1. The third-order valence-corrected chi connectivity index (χ3v) is 4.16. The summed E-state index contributed by atoms with van der Waals surface area (Å²) in [6, 6.07) is 14.4. The molecule has 1 heterocycles. The van der Waals surface area contributed by atoms with Gasteiger partial charge < -0.3 is 4.42 Å². The van der Waals surface area contributed by atoms with Gasteiger partial charge in [-0.25, -0.2) is 4.40 Å². The Morgan fingerprint density at radius 2 is 1.71 bits per heavy atom. The standard InChI is InChI=1S/C18H19NOS/c1-12(19-21-18(2,3)4)13-9-10-17-15(11-13)14-7-5-6-8-16(14)20-17/h5-11H,1-4H3/b19-12+. The van der Waals surface area contributed by atoms with E-state index >= 15 is 0 Å². The summed E-state index contributed by atoms with van der Waals surface area (Å²) < 4.78 is 10.6. The van der Waals surface area contributed by atoms with Crippen molar-refractivity contribution in [3.63, 3.8) is 0 Å². The zero-order valence-electron chi connectivity index (χ0n) is 12.8. The molecular weight excluding hydrogens is 278 g/mol. The maximum Gasteiger partial charge on any atom is 0.135 e.